The largest absolute Gasteiger partial charge is 0.360 e. The van der Waals surface area contributed by atoms with E-state index in [0.29, 0.717) is 41.4 Å². The molecule has 3 aromatic rings. The van der Waals surface area contributed by atoms with Crippen LogP contribution in [0.25, 0.3) is 0 Å². The lowest BCUT2D eigenvalue weighted by Crippen LogP contribution is -2.29. The molecule has 0 saturated carbocycles. The number of imide groups is 1. The fraction of sp³-hybridized carbons (Fsp3) is 0.143. The van der Waals surface area contributed by atoms with Crippen molar-refractivity contribution in [2.24, 2.45) is 0 Å². The summed E-state index contributed by atoms with van der Waals surface area (Å²) in [6.07, 6.45) is 3.17. The van der Waals surface area contributed by atoms with Gasteiger partial charge in [-0.05, 0) is 37.3 Å². The molecule has 0 unspecified atom stereocenters. The van der Waals surface area contributed by atoms with Crippen LogP contribution in [0.2, 0.25) is 0 Å². The molecule has 0 atom stereocenters. The third-order valence-electron chi connectivity index (χ3n) is 4.48. The highest BCUT2D eigenvalue weighted by Crippen LogP contribution is 2.28. The van der Waals surface area contributed by atoms with Crippen LogP contribution in [0, 0.1) is 0 Å². The van der Waals surface area contributed by atoms with E-state index >= 15 is 0 Å². The van der Waals surface area contributed by atoms with Crippen molar-refractivity contribution in [3.8, 4) is 0 Å². The van der Waals surface area contributed by atoms with E-state index in [9.17, 15) is 14.4 Å². The number of nitrogens with zero attached hydrogens (tertiary/aromatic N) is 3. The molecule has 0 aliphatic carbocycles. The Labute approximate surface area is 166 Å². The van der Waals surface area contributed by atoms with E-state index in [4.69, 9.17) is 4.74 Å². The summed E-state index contributed by atoms with van der Waals surface area (Å²) in [5.74, 6) is -1.18. The van der Waals surface area contributed by atoms with Gasteiger partial charge in [0.2, 0.25) is 0 Å². The highest BCUT2D eigenvalue weighted by Gasteiger charge is 2.36. The van der Waals surface area contributed by atoms with Crippen LogP contribution >= 0.6 is 0 Å². The van der Waals surface area contributed by atoms with Crippen LogP contribution in [0.5, 0.6) is 0 Å². The molecular weight excluding hydrogens is 372 g/mol. The first-order valence-corrected chi connectivity index (χ1v) is 9.08. The van der Waals surface area contributed by atoms with Crippen LogP contribution in [-0.2, 0) is 11.5 Å². The van der Waals surface area contributed by atoms with Gasteiger partial charge in [-0.1, -0.05) is 18.2 Å². The number of aromatic nitrogens is 2. The second kappa shape index (κ2) is 7.69. The van der Waals surface area contributed by atoms with E-state index in [0.717, 1.165) is 4.90 Å². The monoisotopic (exact) mass is 390 g/mol. The maximum atomic E-state index is 12.7. The van der Waals surface area contributed by atoms with Gasteiger partial charge in [0.1, 0.15) is 6.73 Å². The number of amides is 3. The highest BCUT2D eigenvalue weighted by molar-refractivity contribution is 6.34. The van der Waals surface area contributed by atoms with Crippen molar-refractivity contribution in [2.45, 2.75) is 13.7 Å². The van der Waals surface area contributed by atoms with Gasteiger partial charge in [0.25, 0.3) is 17.7 Å². The first-order valence-electron chi connectivity index (χ1n) is 9.08. The molecule has 1 aliphatic rings. The zero-order valence-corrected chi connectivity index (χ0v) is 15.7. The molecule has 2 heterocycles. The minimum Gasteiger partial charge on any atom is -0.360 e. The van der Waals surface area contributed by atoms with Crippen LogP contribution in [-0.4, -0.2) is 34.1 Å². The van der Waals surface area contributed by atoms with Crippen LogP contribution in [0.3, 0.4) is 0 Å². The van der Waals surface area contributed by atoms with Crippen LogP contribution in [0.4, 0.5) is 11.4 Å². The number of benzene rings is 2. The molecule has 1 aromatic heterocycles. The summed E-state index contributed by atoms with van der Waals surface area (Å²) >= 11 is 0. The molecule has 1 N–H and O–H groups in total. The average Bonchev–Trinajstić information content (AvgIpc) is 3.29. The van der Waals surface area contributed by atoms with Gasteiger partial charge in [-0.3, -0.25) is 14.4 Å². The quantitative estimate of drug-likeness (QED) is 0.653. The molecule has 8 heteroatoms. The van der Waals surface area contributed by atoms with Gasteiger partial charge in [-0.2, -0.15) is 5.10 Å². The molecule has 8 nitrogen and oxygen atoms in total. The van der Waals surface area contributed by atoms with Gasteiger partial charge in [0.15, 0.2) is 0 Å². The number of nitrogens with one attached hydrogen (secondary N) is 1. The summed E-state index contributed by atoms with van der Waals surface area (Å²) in [7, 11) is 0. The Morgan fingerprint density at radius 2 is 1.79 bits per heavy atom. The van der Waals surface area contributed by atoms with Crippen LogP contribution in [0.15, 0.2) is 60.9 Å². The zero-order chi connectivity index (χ0) is 20.4. The summed E-state index contributed by atoms with van der Waals surface area (Å²) < 4.78 is 6.82. The topological polar surface area (TPSA) is 93.5 Å². The van der Waals surface area contributed by atoms with Gasteiger partial charge < -0.3 is 10.1 Å². The van der Waals surface area contributed by atoms with E-state index in [1.807, 2.05) is 6.92 Å². The van der Waals surface area contributed by atoms with E-state index in [-0.39, 0.29) is 5.91 Å². The number of carbonyl (C=O) groups is 3. The van der Waals surface area contributed by atoms with E-state index in [1.165, 1.54) is 12.3 Å². The maximum Gasteiger partial charge on any atom is 0.266 e. The molecule has 3 amide bonds. The zero-order valence-electron chi connectivity index (χ0n) is 15.7. The van der Waals surface area contributed by atoms with Gasteiger partial charge >= 0.3 is 0 Å². The van der Waals surface area contributed by atoms with E-state index in [1.54, 1.807) is 53.3 Å². The molecule has 146 valence electrons. The molecule has 29 heavy (non-hydrogen) atoms. The Morgan fingerprint density at radius 3 is 2.48 bits per heavy atom. The fourth-order valence-corrected chi connectivity index (χ4v) is 3.10. The van der Waals surface area contributed by atoms with Crippen LogP contribution in [0.1, 0.15) is 38.0 Å². The molecule has 1 aliphatic heterocycles. The number of hydrogen-bond donors (Lipinski definition) is 1. The van der Waals surface area contributed by atoms with Crippen molar-refractivity contribution in [3.63, 3.8) is 0 Å². The second-order valence-corrected chi connectivity index (χ2v) is 6.39. The Morgan fingerprint density at radius 1 is 1.07 bits per heavy atom. The molecule has 0 bridgehead atoms. The summed E-state index contributed by atoms with van der Waals surface area (Å²) in [5.41, 5.74) is 1.89. The first kappa shape index (κ1) is 18.6. The Kier molecular flexibility index (Phi) is 4.92. The highest BCUT2D eigenvalue weighted by atomic mass is 16.5. The van der Waals surface area contributed by atoms with Crippen molar-refractivity contribution < 1.29 is 19.1 Å². The summed E-state index contributed by atoms with van der Waals surface area (Å²) in [4.78, 5) is 39.0. The lowest BCUT2D eigenvalue weighted by Gasteiger charge is -2.15. The Bertz CT molecular complexity index is 1070. The summed E-state index contributed by atoms with van der Waals surface area (Å²) in [6, 6.07) is 13.0. The minimum atomic E-state index is -0.402. The second-order valence-electron chi connectivity index (χ2n) is 6.39. The summed E-state index contributed by atoms with van der Waals surface area (Å²) in [5, 5.41) is 6.85. The van der Waals surface area contributed by atoms with Gasteiger partial charge in [0.05, 0.1) is 34.9 Å². The fourth-order valence-electron chi connectivity index (χ4n) is 3.10. The third kappa shape index (κ3) is 3.53. The van der Waals surface area contributed by atoms with E-state index < -0.39 is 11.8 Å². The lowest BCUT2D eigenvalue weighted by molar-refractivity contribution is 0.0792. The number of carbonyl (C=O) groups excluding carboxylic acids is 3. The lowest BCUT2D eigenvalue weighted by atomic mass is 10.1. The standard InChI is InChI=1S/C21H18N4O4/c1-2-29-13-24-12-15(11-22-24)23-19(26)14-6-5-7-16(10-14)25-20(27)17-8-3-4-9-18(17)21(25)28/h3-12H,2,13H2,1H3,(H,23,26). The van der Waals surface area contributed by atoms with Crippen molar-refractivity contribution in [2.75, 3.05) is 16.8 Å². The average molecular weight is 390 g/mol. The smallest absolute Gasteiger partial charge is 0.266 e. The number of ether oxygens (including phenoxy) is 1. The molecule has 4 rings (SSSR count). The Hall–Kier alpha value is -3.78. The summed E-state index contributed by atoms with van der Waals surface area (Å²) in [6.45, 7) is 2.74. The third-order valence-corrected chi connectivity index (χ3v) is 4.48. The van der Waals surface area contributed by atoms with Gasteiger partial charge in [0, 0.05) is 12.2 Å². The Balaban J connectivity index is 1.53. The van der Waals surface area contributed by atoms with Crippen molar-refractivity contribution in [1.82, 2.24) is 9.78 Å². The SMILES string of the molecule is CCOCn1cc(NC(=O)c2cccc(N3C(=O)c4ccccc4C3=O)c2)cn1. The molecule has 0 spiro atoms. The minimum absolute atomic E-state index is 0.293. The van der Waals surface area contributed by atoms with Crippen molar-refractivity contribution >= 4 is 29.1 Å². The van der Waals surface area contributed by atoms with Crippen molar-refractivity contribution in [3.05, 3.63) is 77.6 Å². The van der Waals surface area contributed by atoms with E-state index in [2.05, 4.69) is 10.4 Å². The molecule has 0 radical (unpaired) electrons. The number of anilines is 2. The normalized spacial score (nSPS) is 12.9. The number of fused-ring (bicyclic) bond motifs is 1. The van der Waals surface area contributed by atoms with Crippen molar-refractivity contribution in [1.29, 1.82) is 0 Å². The van der Waals surface area contributed by atoms with Gasteiger partial charge in [-0.15, -0.1) is 0 Å². The molecule has 0 fully saturated rings. The molecular formula is C21H18N4O4. The molecule has 2 aromatic carbocycles. The van der Waals surface area contributed by atoms with Crippen LogP contribution < -0.4 is 10.2 Å². The number of hydrogen-bond acceptors (Lipinski definition) is 5. The predicted molar refractivity (Wildman–Crippen MR) is 106 cm³/mol. The predicted octanol–water partition coefficient (Wildman–Crippen LogP) is 2.93. The first-order chi connectivity index (χ1) is 14.1. The molecule has 0 saturated heterocycles. The number of rotatable bonds is 6. The van der Waals surface area contributed by atoms with Gasteiger partial charge in [-0.25, -0.2) is 9.58 Å². The maximum absolute atomic E-state index is 12.7.